The number of aromatic nitrogens is 2. The minimum atomic E-state index is -0.542. The summed E-state index contributed by atoms with van der Waals surface area (Å²) >= 11 is 1.35. The molecule has 0 saturated carbocycles. The Labute approximate surface area is 206 Å². The van der Waals surface area contributed by atoms with E-state index in [0.717, 1.165) is 11.3 Å². The minimum Gasteiger partial charge on any atom is -0.489 e. The summed E-state index contributed by atoms with van der Waals surface area (Å²) in [6.07, 6.45) is 1.32. The highest BCUT2D eigenvalue weighted by Gasteiger charge is 2.13. The second-order valence-corrected chi connectivity index (χ2v) is 9.97. The Kier molecular flexibility index (Phi) is 6.97. The maximum absolute atomic E-state index is 12.4. The van der Waals surface area contributed by atoms with Gasteiger partial charge >= 0.3 is 0 Å². The average Bonchev–Trinajstić information content (AvgIpc) is 3.33. The summed E-state index contributed by atoms with van der Waals surface area (Å²) in [6.45, 7) is 6.59. The summed E-state index contributed by atoms with van der Waals surface area (Å²) in [5.74, 6) is -0.239. The van der Waals surface area contributed by atoms with Gasteiger partial charge in [0.05, 0.1) is 11.7 Å². The predicted octanol–water partition coefficient (Wildman–Crippen LogP) is 3.80. The summed E-state index contributed by atoms with van der Waals surface area (Å²) in [7, 11) is 0. The van der Waals surface area contributed by atoms with Gasteiger partial charge in [-0.15, -0.1) is 11.3 Å². The molecule has 4 aromatic rings. The zero-order chi connectivity index (χ0) is 25.0. The highest BCUT2D eigenvalue weighted by Crippen LogP contribution is 2.24. The van der Waals surface area contributed by atoms with E-state index in [9.17, 15) is 14.4 Å². The van der Waals surface area contributed by atoms with Crippen LogP contribution in [0.25, 0.3) is 10.2 Å². The van der Waals surface area contributed by atoms with E-state index >= 15 is 0 Å². The van der Waals surface area contributed by atoms with Crippen LogP contribution in [-0.2, 0) is 23.4 Å². The van der Waals surface area contributed by atoms with Crippen molar-refractivity contribution in [1.29, 1.82) is 0 Å². The number of carbonyl (C=O) groups excluding carboxylic acids is 2. The molecule has 0 saturated heterocycles. The highest BCUT2D eigenvalue weighted by molar-refractivity contribution is 7.16. The molecule has 0 atom stereocenters. The van der Waals surface area contributed by atoms with Crippen molar-refractivity contribution in [2.45, 2.75) is 39.3 Å². The molecule has 8 nitrogen and oxygen atoms in total. The molecule has 0 aliphatic heterocycles. The molecule has 4 rings (SSSR count). The highest BCUT2D eigenvalue weighted by atomic mass is 32.1. The van der Waals surface area contributed by atoms with E-state index in [4.69, 9.17) is 4.74 Å². The number of hydrogen-bond donors (Lipinski definition) is 2. The van der Waals surface area contributed by atoms with Gasteiger partial charge in [0.25, 0.3) is 17.4 Å². The first-order valence-electron chi connectivity index (χ1n) is 11.0. The zero-order valence-electron chi connectivity index (χ0n) is 19.7. The van der Waals surface area contributed by atoms with Crippen LogP contribution in [-0.4, -0.2) is 21.4 Å². The first-order valence-corrected chi connectivity index (χ1v) is 11.9. The topological polar surface area (TPSA) is 102 Å². The Balaban J connectivity index is 1.27. The standard InChI is InChI=1S/C26H26N4O4S/c1-26(2,3)19-8-10-20(11-9-19)34-15-17-4-6-18(7-5-17)23(32)29-28-22(31)14-30-16-27-24-21(25(30)33)12-13-35-24/h4-13,16H,14-15H2,1-3H3,(H,28,31)(H,29,32). The van der Waals surface area contributed by atoms with Gasteiger partial charge in [0.1, 0.15) is 23.7 Å². The fourth-order valence-corrected chi connectivity index (χ4v) is 4.09. The van der Waals surface area contributed by atoms with Crippen LogP contribution in [0.3, 0.4) is 0 Å². The summed E-state index contributed by atoms with van der Waals surface area (Å²) in [4.78, 5) is 41.7. The van der Waals surface area contributed by atoms with Gasteiger partial charge in [-0.2, -0.15) is 0 Å². The van der Waals surface area contributed by atoms with Crippen molar-refractivity contribution < 1.29 is 14.3 Å². The molecule has 180 valence electrons. The third kappa shape index (κ3) is 5.93. The number of thiophene rings is 1. The number of amides is 2. The van der Waals surface area contributed by atoms with Gasteiger partial charge in [-0.05, 0) is 52.3 Å². The Morgan fingerprint density at radius 2 is 1.71 bits per heavy atom. The summed E-state index contributed by atoms with van der Waals surface area (Å²) in [5, 5.41) is 2.23. The van der Waals surface area contributed by atoms with Crippen molar-refractivity contribution in [3.63, 3.8) is 0 Å². The maximum atomic E-state index is 12.4. The molecule has 0 spiro atoms. The van der Waals surface area contributed by atoms with Crippen molar-refractivity contribution in [2.24, 2.45) is 0 Å². The molecule has 0 aliphatic rings. The van der Waals surface area contributed by atoms with Gasteiger partial charge in [0.2, 0.25) is 0 Å². The van der Waals surface area contributed by atoms with Gasteiger partial charge in [-0.1, -0.05) is 45.0 Å². The Morgan fingerprint density at radius 1 is 1.00 bits per heavy atom. The van der Waals surface area contributed by atoms with Crippen LogP contribution in [0.4, 0.5) is 0 Å². The average molecular weight is 491 g/mol. The SMILES string of the molecule is CC(C)(C)c1ccc(OCc2ccc(C(=O)NNC(=O)Cn3cnc4sccc4c3=O)cc2)cc1. The third-order valence-corrected chi connectivity index (χ3v) is 6.24. The lowest BCUT2D eigenvalue weighted by atomic mass is 9.87. The number of nitrogens with one attached hydrogen (secondary N) is 2. The van der Waals surface area contributed by atoms with Crippen molar-refractivity contribution in [3.05, 3.63) is 93.3 Å². The molecule has 0 fully saturated rings. The van der Waals surface area contributed by atoms with Crippen LogP contribution in [0, 0.1) is 0 Å². The number of nitrogens with zero attached hydrogens (tertiary/aromatic N) is 2. The monoisotopic (exact) mass is 490 g/mol. The Bertz CT molecular complexity index is 1400. The van der Waals surface area contributed by atoms with Gasteiger partial charge in [-0.25, -0.2) is 4.98 Å². The lowest BCUT2D eigenvalue weighted by molar-refractivity contribution is -0.122. The van der Waals surface area contributed by atoms with E-state index in [2.05, 4.69) is 48.7 Å². The summed E-state index contributed by atoms with van der Waals surface area (Å²) < 4.78 is 7.03. The molecule has 2 aromatic heterocycles. The van der Waals surface area contributed by atoms with E-state index in [0.29, 0.717) is 22.4 Å². The normalized spacial score (nSPS) is 11.3. The summed E-state index contributed by atoms with van der Waals surface area (Å²) in [6, 6.07) is 16.6. The van der Waals surface area contributed by atoms with Crippen LogP contribution < -0.4 is 21.1 Å². The van der Waals surface area contributed by atoms with Crippen LogP contribution >= 0.6 is 11.3 Å². The van der Waals surface area contributed by atoms with E-state index in [1.54, 1.807) is 35.7 Å². The molecule has 0 bridgehead atoms. The first kappa shape index (κ1) is 24.2. The number of hydrazine groups is 1. The van der Waals surface area contributed by atoms with Crippen molar-refractivity contribution >= 4 is 33.4 Å². The second kappa shape index (κ2) is 10.1. The molecule has 0 aliphatic carbocycles. The number of hydrogen-bond acceptors (Lipinski definition) is 6. The fraction of sp³-hybridized carbons (Fsp3) is 0.231. The number of carbonyl (C=O) groups is 2. The molecule has 0 radical (unpaired) electrons. The number of benzene rings is 2. The first-order chi connectivity index (χ1) is 16.7. The van der Waals surface area contributed by atoms with Gasteiger partial charge in [0, 0.05) is 5.56 Å². The van der Waals surface area contributed by atoms with Gasteiger partial charge < -0.3 is 4.74 Å². The third-order valence-electron chi connectivity index (χ3n) is 5.42. The zero-order valence-corrected chi connectivity index (χ0v) is 20.5. The quantitative estimate of drug-likeness (QED) is 0.400. The smallest absolute Gasteiger partial charge is 0.269 e. The lowest BCUT2D eigenvalue weighted by Gasteiger charge is -2.19. The molecule has 2 heterocycles. The summed E-state index contributed by atoms with van der Waals surface area (Å²) in [5.41, 5.74) is 6.99. The van der Waals surface area contributed by atoms with Crippen molar-refractivity contribution in [2.75, 3.05) is 0 Å². The molecule has 35 heavy (non-hydrogen) atoms. The molecule has 9 heteroatoms. The predicted molar refractivity (Wildman–Crippen MR) is 135 cm³/mol. The van der Waals surface area contributed by atoms with Crippen LogP contribution in [0.2, 0.25) is 0 Å². The molecule has 2 N–H and O–H groups in total. The van der Waals surface area contributed by atoms with Crippen molar-refractivity contribution in [3.8, 4) is 5.75 Å². The van der Waals surface area contributed by atoms with E-state index < -0.39 is 11.8 Å². The van der Waals surface area contributed by atoms with E-state index in [-0.39, 0.29) is 17.5 Å². The molecule has 2 amide bonds. The largest absolute Gasteiger partial charge is 0.489 e. The molecule has 0 unspecified atom stereocenters. The van der Waals surface area contributed by atoms with E-state index in [1.807, 2.05) is 12.1 Å². The number of fused-ring (bicyclic) bond motifs is 1. The van der Waals surface area contributed by atoms with Crippen LogP contribution in [0.5, 0.6) is 5.75 Å². The molecular formula is C26H26N4O4S. The Morgan fingerprint density at radius 3 is 2.40 bits per heavy atom. The second-order valence-electron chi connectivity index (χ2n) is 9.08. The number of rotatable bonds is 6. The van der Waals surface area contributed by atoms with Crippen molar-refractivity contribution in [1.82, 2.24) is 20.4 Å². The molecular weight excluding hydrogens is 464 g/mol. The van der Waals surface area contributed by atoms with Crippen LogP contribution in [0.1, 0.15) is 42.3 Å². The maximum Gasteiger partial charge on any atom is 0.269 e. The van der Waals surface area contributed by atoms with Gasteiger partial charge in [-0.3, -0.25) is 29.8 Å². The van der Waals surface area contributed by atoms with Crippen LogP contribution in [0.15, 0.2) is 71.1 Å². The fourth-order valence-electron chi connectivity index (χ4n) is 3.37. The molecule has 2 aromatic carbocycles. The minimum absolute atomic E-state index is 0.0851. The van der Waals surface area contributed by atoms with Gasteiger partial charge in [0.15, 0.2) is 0 Å². The Hall–Kier alpha value is -3.98. The number of ether oxygens (including phenoxy) is 1. The van der Waals surface area contributed by atoms with E-state index in [1.165, 1.54) is 27.8 Å². The lowest BCUT2D eigenvalue weighted by Crippen LogP contribution is -2.44.